The van der Waals surface area contributed by atoms with E-state index in [1.54, 1.807) is 0 Å². The molecule has 0 amide bonds. The van der Waals surface area contributed by atoms with Crippen molar-refractivity contribution >= 4 is 11.0 Å². The molecular weight excluding hydrogens is 220 g/mol. The molecule has 0 bridgehead atoms. The Morgan fingerprint density at radius 1 is 1.22 bits per heavy atom. The van der Waals surface area contributed by atoms with Gasteiger partial charge in [-0.1, -0.05) is 44.7 Å². The molecule has 1 aromatic carbocycles. The number of aromatic amines is 1. The van der Waals surface area contributed by atoms with Crippen LogP contribution in [0.1, 0.15) is 62.8 Å². The van der Waals surface area contributed by atoms with Gasteiger partial charge in [0.2, 0.25) is 0 Å². The monoisotopic (exact) mass is 242 g/mol. The highest BCUT2D eigenvalue weighted by Gasteiger charge is 2.19. The third-order valence-corrected chi connectivity index (χ3v) is 4.13. The first-order valence-corrected chi connectivity index (χ1v) is 7.36. The Morgan fingerprint density at radius 2 is 2.06 bits per heavy atom. The first-order valence-electron chi connectivity index (χ1n) is 7.36. The fourth-order valence-electron chi connectivity index (χ4n) is 3.15. The Kier molecular flexibility index (Phi) is 3.35. The molecule has 0 radical (unpaired) electrons. The Morgan fingerprint density at radius 3 is 2.83 bits per heavy atom. The summed E-state index contributed by atoms with van der Waals surface area (Å²) in [6.45, 7) is 2.23. The normalized spacial score (nSPS) is 17.4. The van der Waals surface area contributed by atoms with Crippen molar-refractivity contribution in [3.63, 3.8) is 0 Å². The predicted octanol–water partition coefficient (Wildman–Crippen LogP) is 4.56. The van der Waals surface area contributed by atoms with Gasteiger partial charge in [-0.3, -0.25) is 0 Å². The van der Waals surface area contributed by atoms with Crippen LogP contribution in [0.4, 0.5) is 0 Å². The fourth-order valence-corrected chi connectivity index (χ4v) is 3.15. The summed E-state index contributed by atoms with van der Waals surface area (Å²) >= 11 is 0. The average molecular weight is 242 g/mol. The highest BCUT2D eigenvalue weighted by molar-refractivity contribution is 5.78. The van der Waals surface area contributed by atoms with Crippen LogP contribution in [-0.2, 0) is 6.42 Å². The van der Waals surface area contributed by atoms with Gasteiger partial charge in [-0.15, -0.1) is 0 Å². The topological polar surface area (TPSA) is 28.7 Å². The number of imidazole rings is 1. The summed E-state index contributed by atoms with van der Waals surface area (Å²) in [7, 11) is 0. The molecular formula is C16H22N2. The quantitative estimate of drug-likeness (QED) is 0.839. The first-order chi connectivity index (χ1) is 8.88. The molecule has 0 unspecified atom stereocenters. The van der Waals surface area contributed by atoms with E-state index in [2.05, 4.69) is 30.1 Å². The second kappa shape index (κ2) is 5.13. The molecule has 1 heterocycles. The minimum Gasteiger partial charge on any atom is -0.342 e. The van der Waals surface area contributed by atoms with Gasteiger partial charge in [0.15, 0.2) is 0 Å². The van der Waals surface area contributed by atoms with Crippen LogP contribution >= 0.6 is 0 Å². The van der Waals surface area contributed by atoms with Crippen LogP contribution in [-0.4, -0.2) is 9.97 Å². The number of para-hydroxylation sites is 1. The molecule has 0 saturated heterocycles. The van der Waals surface area contributed by atoms with Gasteiger partial charge in [0.25, 0.3) is 0 Å². The summed E-state index contributed by atoms with van der Waals surface area (Å²) in [6.07, 6.45) is 9.06. The van der Waals surface area contributed by atoms with Crippen LogP contribution in [0, 0.1) is 0 Å². The van der Waals surface area contributed by atoms with Crippen molar-refractivity contribution in [2.24, 2.45) is 0 Å². The van der Waals surface area contributed by atoms with Gasteiger partial charge in [0.1, 0.15) is 5.82 Å². The van der Waals surface area contributed by atoms with Crippen LogP contribution in [0.2, 0.25) is 0 Å². The zero-order chi connectivity index (χ0) is 12.4. The lowest BCUT2D eigenvalue weighted by Crippen LogP contribution is -2.05. The molecule has 18 heavy (non-hydrogen) atoms. The standard InChI is InChI=1S/C16H22N2/c1-2-7-12-10-6-11-14-15(12)18-16(17-14)13-8-4-3-5-9-13/h6,10-11,13H,2-5,7-9H2,1H3,(H,17,18). The van der Waals surface area contributed by atoms with Gasteiger partial charge < -0.3 is 4.98 Å². The summed E-state index contributed by atoms with van der Waals surface area (Å²) in [5.74, 6) is 1.90. The Bertz CT molecular complexity index is 521. The SMILES string of the molecule is CCCc1cccc2[nH]c(C3CCCCC3)nc12. The summed E-state index contributed by atoms with van der Waals surface area (Å²) < 4.78 is 0. The van der Waals surface area contributed by atoms with Gasteiger partial charge in [-0.05, 0) is 30.9 Å². The zero-order valence-electron chi connectivity index (χ0n) is 11.2. The smallest absolute Gasteiger partial charge is 0.110 e. The molecule has 1 aliphatic rings. The van der Waals surface area contributed by atoms with Crippen molar-refractivity contribution in [2.75, 3.05) is 0 Å². The fraction of sp³-hybridized carbons (Fsp3) is 0.562. The van der Waals surface area contributed by atoms with Gasteiger partial charge in [0.05, 0.1) is 11.0 Å². The first kappa shape index (κ1) is 11.8. The number of H-pyrrole nitrogens is 1. The van der Waals surface area contributed by atoms with E-state index >= 15 is 0 Å². The highest BCUT2D eigenvalue weighted by atomic mass is 14.9. The number of aromatic nitrogens is 2. The van der Waals surface area contributed by atoms with Crippen LogP contribution in [0.15, 0.2) is 18.2 Å². The Hall–Kier alpha value is -1.31. The summed E-state index contributed by atoms with van der Waals surface area (Å²) in [5.41, 5.74) is 3.83. The van der Waals surface area contributed by atoms with Gasteiger partial charge >= 0.3 is 0 Å². The largest absolute Gasteiger partial charge is 0.342 e. The van der Waals surface area contributed by atoms with Crippen molar-refractivity contribution in [3.8, 4) is 0 Å². The van der Waals surface area contributed by atoms with Crippen molar-refractivity contribution in [1.29, 1.82) is 0 Å². The van der Waals surface area contributed by atoms with E-state index in [1.165, 1.54) is 60.9 Å². The number of rotatable bonds is 3. The lowest BCUT2D eigenvalue weighted by Gasteiger charge is -2.19. The molecule has 0 spiro atoms. The van der Waals surface area contributed by atoms with Gasteiger partial charge in [0, 0.05) is 5.92 Å². The van der Waals surface area contributed by atoms with Crippen molar-refractivity contribution < 1.29 is 0 Å². The number of benzene rings is 1. The maximum Gasteiger partial charge on any atom is 0.110 e. The minimum atomic E-state index is 0.667. The van der Waals surface area contributed by atoms with E-state index in [4.69, 9.17) is 4.98 Å². The Labute approximate surface area is 109 Å². The second-order valence-electron chi connectivity index (χ2n) is 5.52. The van der Waals surface area contributed by atoms with E-state index in [0.717, 1.165) is 6.42 Å². The van der Waals surface area contributed by atoms with E-state index in [9.17, 15) is 0 Å². The molecule has 1 fully saturated rings. The third kappa shape index (κ3) is 2.16. The minimum absolute atomic E-state index is 0.667. The lowest BCUT2D eigenvalue weighted by atomic mass is 9.89. The molecule has 1 N–H and O–H groups in total. The van der Waals surface area contributed by atoms with Gasteiger partial charge in [-0.2, -0.15) is 0 Å². The molecule has 1 aliphatic carbocycles. The van der Waals surface area contributed by atoms with Crippen LogP contribution in [0.25, 0.3) is 11.0 Å². The number of nitrogens with zero attached hydrogens (tertiary/aromatic N) is 1. The van der Waals surface area contributed by atoms with E-state index in [0.29, 0.717) is 5.92 Å². The maximum atomic E-state index is 4.90. The van der Waals surface area contributed by atoms with Crippen molar-refractivity contribution in [2.45, 2.75) is 57.8 Å². The molecule has 0 aliphatic heterocycles. The van der Waals surface area contributed by atoms with Crippen LogP contribution in [0.3, 0.4) is 0 Å². The Balaban J connectivity index is 1.96. The third-order valence-electron chi connectivity index (χ3n) is 4.13. The number of hydrogen-bond donors (Lipinski definition) is 1. The molecule has 1 aromatic heterocycles. The maximum absolute atomic E-state index is 4.90. The molecule has 2 heteroatoms. The van der Waals surface area contributed by atoms with E-state index in [1.807, 2.05) is 0 Å². The van der Waals surface area contributed by atoms with E-state index < -0.39 is 0 Å². The summed E-state index contributed by atoms with van der Waals surface area (Å²) in [5, 5.41) is 0. The molecule has 96 valence electrons. The number of hydrogen-bond acceptors (Lipinski definition) is 1. The molecule has 2 aromatic rings. The molecule has 1 saturated carbocycles. The summed E-state index contributed by atoms with van der Waals surface area (Å²) in [6, 6.07) is 6.53. The summed E-state index contributed by atoms with van der Waals surface area (Å²) in [4.78, 5) is 8.45. The van der Waals surface area contributed by atoms with Crippen LogP contribution < -0.4 is 0 Å². The molecule has 0 atom stereocenters. The number of fused-ring (bicyclic) bond motifs is 1. The zero-order valence-corrected chi connectivity index (χ0v) is 11.2. The lowest BCUT2D eigenvalue weighted by molar-refractivity contribution is 0.431. The molecule has 3 rings (SSSR count). The van der Waals surface area contributed by atoms with Crippen molar-refractivity contribution in [3.05, 3.63) is 29.6 Å². The van der Waals surface area contributed by atoms with Crippen LogP contribution in [0.5, 0.6) is 0 Å². The van der Waals surface area contributed by atoms with E-state index in [-0.39, 0.29) is 0 Å². The number of nitrogens with one attached hydrogen (secondary N) is 1. The second-order valence-corrected chi connectivity index (χ2v) is 5.52. The van der Waals surface area contributed by atoms with Crippen molar-refractivity contribution in [1.82, 2.24) is 9.97 Å². The molecule has 2 nitrogen and oxygen atoms in total. The highest BCUT2D eigenvalue weighted by Crippen LogP contribution is 2.32. The number of aryl methyl sites for hydroxylation is 1. The van der Waals surface area contributed by atoms with Gasteiger partial charge in [-0.25, -0.2) is 4.98 Å². The predicted molar refractivity (Wildman–Crippen MR) is 75.9 cm³/mol. The average Bonchev–Trinajstić information content (AvgIpc) is 2.85.